The van der Waals surface area contributed by atoms with Crippen LogP contribution in [0.15, 0.2) is 18.2 Å². The van der Waals surface area contributed by atoms with E-state index in [1.54, 1.807) is 9.80 Å². The molecular formula is C20H26N4O5. The first-order valence-electron chi connectivity index (χ1n) is 9.71. The smallest absolute Gasteiger partial charge is 0.405 e. The number of amides is 4. The van der Waals surface area contributed by atoms with E-state index in [4.69, 9.17) is 10.5 Å². The summed E-state index contributed by atoms with van der Waals surface area (Å²) in [5, 5.41) is 2.79. The molecule has 0 spiro atoms. The van der Waals surface area contributed by atoms with E-state index in [0.29, 0.717) is 19.5 Å². The van der Waals surface area contributed by atoms with Crippen molar-refractivity contribution in [3.63, 3.8) is 0 Å². The number of hydrogen-bond acceptors (Lipinski definition) is 5. The zero-order chi connectivity index (χ0) is 21.1. The van der Waals surface area contributed by atoms with Crippen LogP contribution in [0.4, 0.5) is 16.2 Å². The molecule has 1 aromatic carbocycles. The van der Waals surface area contributed by atoms with E-state index in [9.17, 15) is 19.2 Å². The lowest BCUT2D eigenvalue weighted by atomic mass is 9.89. The van der Waals surface area contributed by atoms with Gasteiger partial charge in [0.25, 0.3) is 5.91 Å². The summed E-state index contributed by atoms with van der Waals surface area (Å²) in [6.07, 6.45) is 0.711. The molecule has 29 heavy (non-hydrogen) atoms. The van der Waals surface area contributed by atoms with E-state index in [0.717, 1.165) is 36.2 Å². The second-order valence-electron chi connectivity index (χ2n) is 7.56. The zero-order valence-corrected chi connectivity index (χ0v) is 16.6. The number of ether oxygens (including phenoxy) is 1. The van der Waals surface area contributed by atoms with Gasteiger partial charge in [0, 0.05) is 30.5 Å². The molecule has 2 aliphatic heterocycles. The number of anilines is 2. The molecule has 0 bridgehead atoms. The van der Waals surface area contributed by atoms with Crippen LogP contribution < -0.4 is 16.0 Å². The third-order valence-electron chi connectivity index (χ3n) is 5.74. The number of hydrogen-bond donors (Lipinski definition) is 2. The summed E-state index contributed by atoms with van der Waals surface area (Å²) in [5.41, 5.74) is 7.40. The number of primary amides is 1. The number of carbonyl (C=O) groups is 4. The largest absolute Gasteiger partial charge is 0.437 e. The Morgan fingerprint density at radius 2 is 2.00 bits per heavy atom. The second-order valence-corrected chi connectivity index (χ2v) is 7.56. The average Bonchev–Trinajstić information content (AvgIpc) is 3.06. The second kappa shape index (κ2) is 8.50. The van der Waals surface area contributed by atoms with Gasteiger partial charge in [-0.05, 0) is 56.4 Å². The summed E-state index contributed by atoms with van der Waals surface area (Å²) < 4.78 is 4.76. The monoisotopic (exact) mass is 402 g/mol. The highest BCUT2D eigenvalue weighted by molar-refractivity contribution is 5.99. The minimum absolute atomic E-state index is 0.0468. The van der Waals surface area contributed by atoms with Gasteiger partial charge in [-0.3, -0.25) is 14.4 Å². The highest BCUT2D eigenvalue weighted by Crippen LogP contribution is 2.31. The number of benzene rings is 1. The maximum absolute atomic E-state index is 12.3. The lowest BCUT2D eigenvalue weighted by Crippen LogP contribution is -2.48. The normalized spacial score (nSPS) is 18.4. The van der Waals surface area contributed by atoms with Gasteiger partial charge in [-0.15, -0.1) is 0 Å². The molecule has 4 amide bonds. The quantitative estimate of drug-likeness (QED) is 0.694. The molecule has 3 N–H and O–H groups in total. The first-order valence-corrected chi connectivity index (χ1v) is 9.71. The third-order valence-corrected chi connectivity index (χ3v) is 5.74. The van der Waals surface area contributed by atoms with E-state index in [2.05, 4.69) is 5.32 Å². The molecule has 1 aromatic rings. The van der Waals surface area contributed by atoms with Gasteiger partial charge < -0.3 is 25.6 Å². The van der Waals surface area contributed by atoms with Crippen molar-refractivity contribution in [3.8, 4) is 0 Å². The molecule has 2 aliphatic rings. The van der Waals surface area contributed by atoms with Crippen molar-refractivity contribution in [1.82, 2.24) is 4.90 Å². The van der Waals surface area contributed by atoms with Crippen molar-refractivity contribution in [2.45, 2.75) is 45.3 Å². The summed E-state index contributed by atoms with van der Waals surface area (Å²) >= 11 is 0. The number of nitrogens with one attached hydrogen (secondary N) is 1. The van der Waals surface area contributed by atoms with Gasteiger partial charge in [0.05, 0.1) is 6.42 Å². The van der Waals surface area contributed by atoms with Crippen LogP contribution in [0.25, 0.3) is 0 Å². The van der Waals surface area contributed by atoms with Gasteiger partial charge in [0.1, 0.15) is 0 Å². The van der Waals surface area contributed by atoms with Crippen molar-refractivity contribution in [2.75, 3.05) is 23.3 Å². The molecule has 0 aromatic heterocycles. The molecule has 0 radical (unpaired) electrons. The topological polar surface area (TPSA) is 122 Å². The summed E-state index contributed by atoms with van der Waals surface area (Å²) in [6, 6.07) is 5.46. The maximum Gasteiger partial charge on any atom is 0.405 e. The molecule has 1 unspecified atom stereocenters. The first-order chi connectivity index (χ1) is 13.8. The Bertz CT molecular complexity index is 819. The summed E-state index contributed by atoms with van der Waals surface area (Å²) in [4.78, 5) is 49.9. The number of piperidine rings is 1. The Morgan fingerprint density at radius 1 is 1.31 bits per heavy atom. The maximum atomic E-state index is 12.3. The van der Waals surface area contributed by atoms with Gasteiger partial charge in [0.15, 0.2) is 6.10 Å². The lowest BCUT2D eigenvalue weighted by Gasteiger charge is -2.39. The Hall–Kier alpha value is -3.10. The van der Waals surface area contributed by atoms with Crippen LogP contribution in [0.3, 0.4) is 0 Å². The Labute approximate surface area is 169 Å². The molecule has 2 atom stereocenters. The minimum Gasteiger partial charge on any atom is -0.437 e. The van der Waals surface area contributed by atoms with Crippen LogP contribution in [0.2, 0.25) is 0 Å². The van der Waals surface area contributed by atoms with Crippen LogP contribution in [-0.4, -0.2) is 54.5 Å². The van der Waals surface area contributed by atoms with Crippen LogP contribution in [0, 0.1) is 5.92 Å². The number of fused-ring (bicyclic) bond motifs is 1. The van der Waals surface area contributed by atoms with E-state index in [1.807, 2.05) is 25.1 Å². The fourth-order valence-electron chi connectivity index (χ4n) is 4.08. The molecule has 2 heterocycles. The van der Waals surface area contributed by atoms with E-state index in [-0.39, 0.29) is 23.8 Å². The van der Waals surface area contributed by atoms with Crippen molar-refractivity contribution in [2.24, 2.45) is 11.7 Å². The van der Waals surface area contributed by atoms with Gasteiger partial charge in [-0.2, -0.15) is 0 Å². The predicted molar refractivity (Wildman–Crippen MR) is 106 cm³/mol. The van der Waals surface area contributed by atoms with Gasteiger partial charge in [-0.25, -0.2) is 4.79 Å². The van der Waals surface area contributed by atoms with Gasteiger partial charge >= 0.3 is 6.09 Å². The predicted octanol–water partition coefficient (Wildman–Crippen LogP) is 1.25. The lowest BCUT2D eigenvalue weighted by molar-refractivity contribution is -0.140. The Balaban J connectivity index is 1.62. The van der Waals surface area contributed by atoms with Crippen LogP contribution in [0.5, 0.6) is 0 Å². The van der Waals surface area contributed by atoms with Crippen molar-refractivity contribution in [3.05, 3.63) is 23.8 Å². The van der Waals surface area contributed by atoms with E-state index < -0.39 is 12.2 Å². The average molecular weight is 402 g/mol. The molecule has 3 rings (SSSR count). The van der Waals surface area contributed by atoms with Crippen molar-refractivity contribution in [1.29, 1.82) is 0 Å². The van der Waals surface area contributed by atoms with Crippen molar-refractivity contribution < 1.29 is 23.9 Å². The molecule has 156 valence electrons. The van der Waals surface area contributed by atoms with Gasteiger partial charge in [-0.1, -0.05) is 0 Å². The van der Waals surface area contributed by atoms with Gasteiger partial charge in [0.2, 0.25) is 12.3 Å². The highest BCUT2D eigenvalue weighted by atomic mass is 16.6. The summed E-state index contributed by atoms with van der Waals surface area (Å²) in [6.45, 7) is 4.54. The third kappa shape index (κ3) is 4.49. The standard InChI is InChI=1S/C20H26N4O5/c1-12(14-5-7-23(8-6-14)19(27)13(2)29-20(21)28)24(11-25)16-3-4-17-15(9-16)10-18(26)22-17/h3-4,9,11-14H,5-8,10H2,1-2H3,(H2,21,28)(H,22,26)/t12?,13-/m0/s1. The SMILES string of the molecule is CC(C1CCN(C(=O)[C@H](C)OC(N)=O)CC1)N(C=O)c1ccc2c(c1)CC(=O)N2. The van der Waals surface area contributed by atoms with E-state index in [1.165, 1.54) is 6.92 Å². The number of rotatable bonds is 6. The van der Waals surface area contributed by atoms with Crippen LogP contribution >= 0.6 is 0 Å². The molecule has 0 aliphatic carbocycles. The summed E-state index contributed by atoms with van der Waals surface area (Å²) in [7, 11) is 0. The Kier molecular flexibility index (Phi) is 6.05. The summed E-state index contributed by atoms with van der Waals surface area (Å²) in [5.74, 6) is -0.100. The molecule has 9 heteroatoms. The fourth-order valence-corrected chi connectivity index (χ4v) is 4.08. The minimum atomic E-state index is -0.970. The number of likely N-dealkylation sites (tertiary alicyclic amines) is 1. The highest BCUT2D eigenvalue weighted by Gasteiger charge is 2.32. The van der Waals surface area contributed by atoms with E-state index >= 15 is 0 Å². The zero-order valence-electron chi connectivity index (χ0n) is 16.6. The first kappa shape index (κ1) is 20.6. The Morgan fingerprint density at radius 3 is 2.62 bits per heavy atom. The molecule has 1 fully saturated rings. The fraction of sp³-hybridized carbons (Fsp3) is 0.500. The molecule has 1 saturated heterocycles. The number of carbonyl (C=O) groups excluding carboxylic acids is 4. The van der Waals surface area contributed by atoms with Crippen LogP contribution in [-0.2, 0) is 25.5 Å². The van der Waals surface area contributed by atoms with Crippen molar-refractivity contribution >= 4 is 35.7 Å². The van der Waals surface area contributed by atoms with Crippen LogP contribution in [0.1, 0.15) is 32.3 Å². The number of nitrogens with zero attached hydrogens (tertiary/aromatic N) is 2. The molecule has 0 saturated carbocycles. The number of nitrogens with two attached hydrogens (primary N) is 1. The molecule has 9 nitrogen and oxygen atoms in total. The molecular weight excluding hydrogens is 376 g/mol.